The molecule has 0 aliphatic rings. The molecule has 0 radical (unpaired) electrons. The summed E-state index contributed by atoms with van der Waals surface area (Å²) in [5, 5.41) is 0. The van der Waals surface area contributed by atoms with E-state index in [0.29, 0.717) is 5.88 Å². The third-order valence-corrected chi connectivity index (χ3v) is 4.48. The molecule has 0 unspecified atom stereocenters. The Hall–Kier alpha value is -1.88. The second kappa shape index (κ2) is 8.00. The van der Waals surface area contributed by atoms with E-state index < -0.39 is 0 Å². The Labute approximate surface area is 159 Å². The molecule has 0 saturated heterocycles. The lowest BCUT2D eigenvalue weighted by atomic mass is 9.87. The number of aliphatic imine (C=N–C) groups is 1. The van der Waals surface area contributed by atoms with Crippen LogP contribution in [0, 0.1) is 6.92 Å². The van der Waals surface area contributed by atoms with Gasteiger partial charge in [-0.2, -0.15) is 0 Å². The highest BCUT2D eigenvalue weighted by Gasteiger charge is 2.15. The van der Waals surface area contributed by atoms with Crippen LogP contribution in [0.3, 0.4) is 0 Å². The number of benzene rings is 1. The summed E-state index contributed by atoms with van der Waals surface area (Å²) >= 11 is 3.55. The summed E-state index contributed by atoms with van der Waals surface area (Å²) in [6.45, 7) is 11.5. The normalized spacial score (nSPS) is 11.8. The number of hydrogen-bond donors (Lipinski definition) is 0. The lowest BCUT2D eigenvalue weighted by molar-refractivity contribution is 0.455. The van der Waals surface area contributed by atoms with Gasteiger partial charge in [0.05, 0.1) is 22.2 Å². The van der Waals surface area contributed by atoms with Crippen LogP contribution in [0.15, 0.2) is 39.8 Å². The van der Waals surface area contributed by atoms with Crippen molar-refractivity contribution >= 4 is 28.0 Å². The number of rotatable bonds is 5. The summed E-state index contributed by atoms with van der Waals surface area (Å²) in [4.78, 5) is 11.1. The van der Waals surface area contributed by atoms with Crippen molar-refractivity contribution in [1.29, 1.82) is 0 Å². The SMILES string of the molecule is CCN(C)C=Nc1cc(Br)c(Oc2cccc(C(C)(C)C)c2)nc1C. The number of hydrogen-bond acceptors (Lipinski definition) is 3. The van der Waals surface area contributed by atoms with Gasteiger partial charge in [-0.25, -0.2) is 9.98 Å². The largest absolute Gasteiger partial charge is 0.438 e. The molecule has 0 N–H and O–H groups in total. The number of pyridine rings is 1. The average molecular weight is 404 g/mol. The molecule has 1 aromatic heterocycles. The number of nitrogens with zero attached hydrogens (tertiary/aromatic N) is 3. The zero-order chi connectivity index (χ0) is 18.6. The minimum absolute atomic E-state index is 0.0732. The first-order valence-electron chi connectivity index (χ1n) is 8.40. The van der Waals surface area contributed by atoms with E-state index in [4.69, 9.17) is 4.74 Å². The van der Waals surface area contributed by atoms with Crippen molar-refractivity contribution in [1.82, 2.24) is 9.88 Å². The molecule has 1 heterocycles. The van der Waals surface area contributed by atoms with E-state index in [1.165, 1.54) is 5.56 Å². The Bertz CT molecular complexity index is 766. The van der Waals surface area contributed by atoms with E-state index in [0.717, 1.165) is 28.1 Å². The highest BCUT2D eigenvalue weighted by atomic mass is 79.9. The zero-order valence-electron chi connectivity index (χ0n) is 15.8. The molecule has 1 aromatic carbocycles. The van der Waals surface area contributed by atoms with E-state index in [2.05, 4.69) is 65.7 Å². The second-order valence-electron chi connectivity index (χ2n) is 7.08. The van der Waals surface area contributed by atoms with Crippen LogP contribution in [0.25, 0.3) is 0 Å². The highest BCUT2D eigenvalue weighted by molar-refractivity contribution is 9.10. The minimum Gasteiger partial charge on any atom is -0.438 e. The van der Waals surface area contributed by atoms with Crippen LogP contribution in [-0.4, -0.2) is 29.8 Å². The fraction of sp³-hybridized carbons (Fsp3) is 0.400. The Morgan fingerprint density at radius 3 is 2.64 bits per heavy atom. The molecule has 0 spiro atoms. The van der Waals surface area contributed by atoms with Crippen LogP contribution in [0.1, 0.15) is 39.0 Å². The molecule has 2 aromatic rings. The van der Waals surface area contributed by atoms with Crippen LogP contribution in [0.5, 0.6) is 11.6 Å². The van der Waals surface area contributed by atoms with Crippen molar-refractivity contribution in [2.24, 2.45) is 4.99 Å². The van der Waals surface area contributed by atoms with Crippen LogP contribution >= 0.6 is 15.9 Å². The van der Waals surface area contributed by atoms with Gasteiger partial charge in [-0.15, -0.1) is 0 Å². The molecule has 0 bridgehead atoms. The number of ether oxygens (including phenoxy) is 1. The number of halogens is 1. The third kappa shape index (κ3) is 5.30. The highest BCUT2D eigenvalue weighted by Crippen LogP contribution is 2.34. The molecular formula is C20H26BrN3O. The summed E-state index contributed by atoms with van der Waals surface area (Å²) in [6.07, 6.45) is 1.81. The van der Waals surface area contributed by atoms with Gasteiger partial charge in [-0.1, -0.05) is 32.9 Å². The smallest absolute Gasteiger partial charge is 0.233 e. The van der Waals surface area contributed by atoms with Gasteiger partial charge in [-0.3, -0.25) is 0 Å². The van der Waals surface area contributed by atoms with Gasteiger partial charge >= 0.3 is 0 Å². The van der Waals surface area contributed by atoms with E-state index in [-0.39, 0.29) is 5.41 Å². The maximum absolute atomic E-state index is 6.01. The molecule has 0 atom stereocenters. The lowest BCUT2D eigenvalue weighted by Gasteiger charge is -2.19. The molecule has 5 heteroatoms. The Kier molecular flexibility index (Phi) is 6.22. The summed E-state index contributed by atoms with van der Waals surface area (Å²) in [5.74, 6) is 1.33. The quantitative estimate of drug-likeness (QED) is 0.463. The van der Waals surface area contributed by atoms with Crippen molar-refractivity contribution in [2.45, 2.75) is 40.0 Å². The Morgan fingerprint density at radius 2 is 2.00 bits per heavy atom. The van der Waals surface area contributed by atoms with E-state index in [9.17, 15) is 0 Å². The molecule has 2 rings (SSSR count). The molecule has 0 amide bonds. The van der Waals surface area contributed by atoms with Crippen molar-refractivity contribution in [3.8, 4) is 11.6 Å². The van der Waals surface area contributed by atoms with E-state index >= 15 is 0 Å². The minimum atomic E-state index is 0.0732. The molecule has 134 valence electrons. The predicted molar refractivity (Wildman–Crippen MR) is 108 cm³/mol. The summed E-state index contributed by atoms with van der Waals surface area (Å²) in [5.41, 5.74) is 2.94. The summed E-state index contributed by atoms with van der Waals surface area (Å²) < 4.78 is 6.79. The molecule has 0 saturated carbocycles. The van der Waals surface area contributed by atoms with Crippen molar-refractivity contribution in [3.05, 3.63) is 46.1 Å². The molecule has 0 fully saturated rings. The molecule has 4 nitrogen and oxygen atoms in total. The van der Waals surface area contributed by atoms with Gasteiger partial charge in [0.2, 0.25) is 5.88 Å². The maximum Gasteiger partial charge on any atom is 0.233 e. The zero-order valence-corrected chi connectivity index (χ0v) is 17.4. The maximum atomic E-state index is 6.01. The van der Waals surface area contributed by atoms with Crippen LogP contribution in [0.4, 0.5) is 5.69 Å². The Balaban J connectivity index is 2.27. The van der Waals surface area contributed by atoms with E-state index in [1.807, 2.05) is 43.4 Å². The number of aromatic nitrogens is 1. The summed E-state index contributed by atoms with van der Waals surface area (Å²) in [7, 11) is 1.99. The van der Waals surface area contributed by atoms with Gasteiger partial charge < -0.3 is 9.64 Å². The van der Waals surface area contributed by atoms with Gasteiger partial charge in [0, 0.05) is 13.6 Å². The number of aryl methyl sites for hydroxylation is 1. The predicted octanol–water partition coefficient (Wildman–Crippen LogP) is 5.85. The Morgan fingerprint density at radius 1 is 1.28 bits per heavy atom. The van der Waals surface area contributed by atoms with Crippen LogP contribution in [-0.2, 0) is 5.41 Å². The van der Waals surface area contributed by atoms with Crippen molar-refractivity contribution < 1.29 is 4.74 Å². The van der Waals surface area contributed by atoms with Gasteiger partial charge in [0.25, 0.3) is 0 Å². The topological polar surface area (TPSA) is 37.7 Å². The van der Waals surface area contributed by atoms with Gasteiger partial charge in [-0.05, 0) is 59.0 Å². The van der Waals surface area contributed by atoms with Crippen molar-refractivity contribution in [3.63, 3.8) is 0 Å². The lowest BCUT2D eigenvalue weighted by Crippen LogP contribution is -2.14. The molecule has 25 heavy (non-hydrogen) atoms. The fourth-order valence-electron chi connectivity index (χ4n) is 2.13. The molecule has 0 aliphatic carbocycles. The van der Waals surface area contributed by atoms with Crippen LogP contribution in [0.2, 0.25) is 0 Å². The second-order valence-corrected chi connectivity index (χ2v) is 7.93. The van der Waals surface area contributed by atoms with Gasteiger partial charge in [0.15, 0.2) is 0 Å². The average Bonchev–Trinajstić information content (AvgIpc) is 2.55. The first kappa shape index (κ1) is 19.4. The van der Waals surface area contributed by atoms with Crippen molar-refractivity contribution in [2.75, 3.05) is 13.6 Å². The van der Waals surface area contributed by atoms with Crippen LogP contribution < -0.4 is 4.74 Å². The molecular weight excluding hydrogens is 378 g/mol. The first-order valence-corrected chi connectivity index (χ1v) is 9.20. The standard InChI is InChI=1S/C20H26BrN3O/c1-7-24(6)13-22-18-12-17(21)19(23-14(18)2)25-16-10-8-9-15(11-16)20(3,4)5/h8-13H,7H2,1-6H3. The first-order chi connectivity index (χ1) is 11.7. The summed E-state index contributed by atoms with van der Waals surface area (Å²) in [6, 6.07) is 10.1. The fourth-order valence-corrected chi connectivity index (χ4v) is 2.52. The monoisotopic (exact) mass is 403 g/mol. The molecule has 0 aliphatic heterocycles. The van der Waals surface area contributed by atoms with Gasteiger partial charge in [0.1, 0.15) is 5.75 Å². The third-order valence-electron chi connectivity index (χ3n) is 3.92. The van der Waals surface area contributed by atoms with E-state index in [1.54, 1.807) is 0 Å².